The van der Waals surface area contributed by atoms with Gasteiger partial charge in [0.25, 0.3) is 0 Å². The monoisotopic (exact) mass is 228 g/mol. The third-order valence-electron chi connectivity index (χ3n) is 2.80. The summed E-state index contributed by atoms with van der Waals surface area (Å²) in [5.74, 6) is -1.80. The molecular weight excluding hydrogens is 212 g/mol. The van der Waals surface area contributed by atoms with E-state index in [2.05, 4.69) is 10.6 Å². The molecule has 0 aliphatic carbocycles. The van der Waals surface area contributed by atoms with Crippen molar-refractivity contribution in [2.75, 3.05) is 0 Å². The van der Waals surface area contributed by atoms with E-state index in [1.165, 1.54) is 0 Å². The molecule has 0 spiro atoms. The van der Waals surface area contributed by atoms with Gasteiger partial charge in [0.1, 0.15) is 12.1 Å². The fourth-order valence-corrected chi connectivity index (χ4v) is 1.60. The van der Waals surface area contributed by atoms with Crippen LogP contribution in [0.25, 0.3) is 0 Å². The van der Waals surface area contributed by atoms with Crippen molar-refractivity contribution in [3.63, 3.8) is 0 Å². The molecule has 0 radical (unpaired) electrons. The number of hydrogen-bond acceptors (Lipinski definition) is 3. The van der Waals surface area contributed by atoms with E-state index >= 15 is 0 Å². The van der Waals surface area contributed by atoms with Gasteiger partial charge >= 0.3 is 5.97 Å². The molecule has 1 rings (SSSR count). The molecule has 6 heteroatoms. The SMILES string of the molecule is CCC(C)C1NC(=O)C(CC(=O)O)NC1=O. The van der Waals surface area contributed by atoms with Crippen molar-refractivity contribution in [2.24, 2.45) is 5.92 Å². The summed E-state index contributed by atoms with van der Waals surface area (Å²) in [6.45, 7) is 3.79. The zero-order chi connectivity index (χ0) is 12.3. The molecule has 90 valence electrons. The summed E-state index contributed by atoms with van der Waals surface area (Å²) >= 11 is 0. The van der Waals surface area contributed by atoms with E-state index in [0.29, 0.717) is 0 Å². The molecule has 1 aliphatic rings. The van der Waals surface area contributed by atoms with Crippen LogP contribution in [0.3, 0.4) is 0 Å². The molecule has 0 saturated carbocycles. The van der Waals surface area contributed by atoms with E-state index in [1.807, 2.05) is 13.8 Å². The summed E-state index contributed by atoms with van der Waals surface area (Å²) < 4.78 is 0. The lowest BCUT2D eigenvalue weighted by molar-refractivity contribution is -0.143. The topological polar surface area (TPSA) is 95.5 Å². The quantitative estimate of drug-likeness (QED) is 0.604. The second-order valence-electron chi connectivity index (χ2n) is 4.03. The third kappa shape index (κ3) is 2.71. The molecular formula is C10H16N2O4. The Bertz CT molecular complexity index is 316. The van der Waals surface area contributed by atoms with Gasteiger partial charge in [0.2, 0.25) is 11.8 Å². The van der Waals surface area contributed by atoms with Crippen molar-refractivity contribution in [3.8, 4) is 0 Å². The summed E-state index contributed by atoms with van der Waals surface area (Å²) in [6, 6.07) is -1.51. The molecule has 1 fully saturated rings. The molecule has 0 bridgehead atoms. The first-order valence-electron chi connectivity index (χ1n) is 5.28. The minimum atomic E-state index is -1.11. The standard InChI is InChI=1S/C10H16N2O4/c1-3-5(2)8-10(16)11-6(4-7(13)14)9(15)12-8/h5-6,8H,3-4H2,1-2H3,(H,11,16)(H,12,15)(H,13,14). The molecule has 3 unspecified atom stereocenters. The number of nitrogens with one attached hydrogen (secondary N) is 2. The third-order valence-corrected chi connectivity index (χ3v) is 2.80. The van der Waals surface area contributed by atoms with Gasteiger partial charge < -0.3 is 15.7 Å². The second-order valence-corrected chi connectivity index (χ2v) is 4.03. The van der Waals surface area contributed by atoms with Crippen LogP contribution < -0.4 is 10.6 Å². The van der Waals surface area contributed by atoms with E-state index < -0.39 is 24.0 Å². The van der Waals surface area contributed by atoms with Gasteiger partial charge in [0.05, 0.1) is 6.42 Å². The van der Waals surface area contributed by atoms with E-state index in [1.54, 1.807) is 0 Å². The number of rotatable bonds is 4. The largest absolute Gasteiger partial charge is 0.481 e. The van der Waals surface area contributed by atoms with E-state index in [-0.39, 0.29) is 18.2 Å². The smallest absolute Gasteiger partial charge is 0.305 e. The van der Waals surface area contributed by atoms with E-state index in [4.69, 9.17) is 5.11 Å². The Morgan fingerprint density at radius 1 is 1.38 bits per heavy atom. The molecule has 3 N–H and O–H groups in total. The first kappa shape index (κ1) is 12.5. The van der Waals surface area contributed by atoms with Gasteiger partial charge in [-0.2, -0.15) is 0 Å². The van der Waals surface area contributed by atoms with Crippen LogP contribution in [0.5, 0.6) is 0 Å². The van der Waals surface area contributed by atoms with Gasteiger partial charge in [0.15, 0.2) is 0 Å². The second kappa shape index (κ2) is 4.96. The summed E-state index contributed by atoms with van der Waals surface area (Å²) in [4.78, 5) is 33.6. The Morgan fingerprint density at radius 2 is 2.00 bits per heavy atom. The van der Waals surface area contributed by atoms with Gasteiger partial charge in [-0.25, -0.2) is 0 Å². The molecule has 3 atom stereocenters. The zero-order valence-electron chi connectivity index (χ0n) is 9.32. The number of piperazine rings is 1. The number of hydrogen-bond donors (Lipinski definition) is 3. The first-order valence-corrected chi connectivity index (χ1v) is 5.28. The Kier molecular flexibility index (Phi) is 3.87. The average Bonchev–Trinajstić information content (AvgIpc) is 2.21. The lowest BCUT2D eigenvalue weighted by atomic mass is 9.95. The van der Waals surface area contributed by atoms with Gasteiger partial charge in [-0.1, -0.05) is 20.3 Å². The van der Waals surface area contributed by atoms with Crippen molar-refractivity contribution in [2.45, 2.75) is 38.8 Å². The molecule has 1 aliphatic heterocycles. The predicted octanol–water partition coefficient (Wildman–Crippen LogP) is -0.510. The van der Waals surface area contributed by atoms with Crippen LogP contribution in [0, 0.1) is 5.92 Å². The average molecular weight is 228 g/mol. The number of amides is 2. The van der Waals surface area contributed by atoms with E-state index in [0.717, 1.165) is 6.42 Å². The van der Waals surface area contributed by atoms with Crippen molar-refractivity contribution < 1.29 is 19.5 Å². The van der Waals surface area contributed by atoms with Crippen LogP contribution in [-0.2, 0) is 14.4 Å². The molecule has 1 heterocycles. The van der Waals surface area contributed by atoms with E-state index in [9.17, 15) is 14.4 Å². The lowest BCUT2D eigenvalue weighted by Gasteiger charge is -2.31. The Balaban J connectivity index is 2.67. The summed E-state index contributed by atoms with van der Waals surface area (Å²) in [7, 11) is 0. The van der Waals surface area contributed by atoms with Crippen LogP contribution in [0.4, 0.5) is 0 Å². The van der Waals surface area contributed by atoms with Crippen molar-refractivity contribution in [3.05, 3.63) is 0 Å². The van der Waals surface area contributed by atoms with Gasteiger partial charge in [0, 0.05) is 0 Å². The highest BCUT2D eigenvalue weighted by molar-refractivity contribution is 5.98. The molecule has 0 aromatic rings. The number of carboxylic acids is 1. The summed E-state index contributed by atoms with van der Waals surface area (Å²) in [6.07, 6.45) is 0.382. The van der Waals surface area contributed by atoms with Crippen LogP contribution in [0.2, 0.25) is 0 Å². The molecule has 1 saturated heterocycles. The van der Waals surface area contributed by atoms with Crippen LogP contribution >= 0.6 is 0 Å². The highest BCUT2D eigenvalue weighted by Gasteiger charge is 2.36. The molecule has 0 aromatic heterocycles. The van der Waals surface area contributed by atoms with Crippen LogP contribution in [-0.4, -0.2) is 35.0 Å². The number of carbonyl (C=O) groups is 3. The molecule has 2 amide bonds. The fraction of sp³-hybridized carbons (Fsp3) is 0.700. The normalized spacial score (nSPS) is 26.9. The maximum absolute atomic E-state index is 11.6. The minimum absolute atomic E-state index is 0.0368. The maximum Gasteiger partial charge on any atom is 0.305 e. The fourth-order valence-electron chi connectivity index (χ4n) is 1.60. The Morgan fingerprint density at radius 3 is 2.50 bits per heavy atom. The Labute approximate surface area is 93.4 Å². The highest BCUT2D eigenvalue weighted by Crippen LogP contribution is 2.12. The van der Waals surface area contributed by atoms with Crippen molar-refractivity contribution in [1.82, 2.24) is 10.6 Å². The number of aliphatic carboxylic acids is 1. The summed E-state index contributed by atoms with van der Waals surface area (Å²) in [5.41, 5.74) is 0. The zero-order valence-corrected chi connectivity index (χ0v) is 9.32. The minimum Gasteiger partial charge on any atom is -0.481 e. The van der Waals surface area contributed by atoms with Crippen LogP contribution in [0.1, 0.15) is 26.7 Å². The van der Waals surface area contributed by atoms with Crippen molar-refractivity contribution in [1.29, 1.82) is 0 Å². The molecule has 0 aromatic carbocycles. The van der Waals surface area contributed by atoms with Crippen molar-refractivity contribution >= 4 is 17.8 Å². The van der Waals surface area contributed by atoms with Gasteiger partial charge in [-0.05, 0) is 5.92 Å². The first-order chi connectivity index (χ1) is 7.45. The lowest BCUT2D eigenvalue weighted by Crippen LogP contribution is -2.63. The maximum atomic E-state index is 11.6. The number of carboxylic acid groups (broad SMARTS) is 1. The highest BCUT2D eigenvalue weighted by atomic mass is 16.4. The van der Waals surface area contributed by atoms with Gasteiger partial charge in [-0.15, -0.1) is 0 Å². The predicted molar refractivity (Wildman–Crippen MR) is 55.6 cm³/mol. The van der Waals surface area contributed by atoms with Crippen LogP contribution in [0.15, 0.2) is 0 Å². The summed E-state index contributed by atoms with van der Waals surface area (Å²) in [5, 5.41) is 13.5. The Hall–Kier alpha value is -1.59. The van der Waals surface area contributed by atoms with Gasteiger partial charge in [-0.3, -0.25) is 14.4 Å². The molecule has 6 nitrogen and oxygen atoms in total. The number of carbonyl (C=O) groups excluding carboxylic acids is 2. The molecule has 16 heavy (non-hydrogen) atoms.